The fourth-order valence-corrected chi connectivity index (χ4v) is 6.20. The van der Waals surface area contributed by atoms with Crippen molar-refractivity contribution in [1.82, 2.24) is 19.5 Å². The van der Waals surface area contributed by atoms with Crippen LogP contribution >= 0.6 is 0 Å². The molecule has 51 heavy (non-hydrogen) atoms. The first-order chi connectivity index (χ1) is 25.8. The summed E-state index contributed by atoms with van der Waals surface area (Å²) < 4.78 is 30.6. The summed E-state index contributed by atoms with van der Waals surface area (Å²) in [6.07, 6.45) is 3.26. The van der Waals surface area contributed by atoms with E-state index in [0.717, 1.165) is 72.6 Å². The van der Waals surface area contributed by atoms with E-state index in [-0.39, 0.29) is 25.7 Å². The monoisotopic (exact) mass is 842 g/mol. The molecule has 9 aromatic rings. The van der Waals surface area contributed by atoms with Crippen LogP contribution < -0.4 is 0 Å². The Morgan fingerprint density at radius 3 is 2.24 bits per heavy atom. The summed E-state index contributed by atoms with van der Waals surface area (Å²) in [5, 5.41) is 2.08. The predicted molar refractivity (Wildman–Crippen MR) is 203 cm³/mol. The number of aromatic nitrogens is 4. The first-order valence-electron chi connectivity index (χ1n) is 18.1. The van der Waals surface area contributed by atoms with E-state index in [1.165, 1.54) is 11.8 Å². The maximum Gasteiger partial charge on any atom is 0.148 e. The summed E-state index contributed by atoms with van der Waals surface area (Å²) in [5.74, 6) is 1.29. The van der Waals surface area contributed by atoms with Gasteiger partial charge < -0.3 is 14.4 Å². The Hall–Kier alpha value is -5.68. The van der Waals surface area contributed by atoms with Crippen LogP contribution in [0.5, 0.6) is 0 Å². The molecular formula is C45H34IrN4O-2. The van der Waals surface area contributed by atoms with Crippen molar-refractivity contribution in [1.29, 1.82) is 0 Å². The summed E-state index contributed by atoms with van der Waals surface area (Å²) in [7, 11) is 0. The quantitative estimate of drug-likeness (QED) is 0.162. The van der Waals surface area contributed by atoms with Gasteiger partial charge in [0.05, 0.1) is 11.1 Å². The second-order valence-electron chi connectivity index (χ2n) is 12.3. The topological polar surface area (TPSA) is 56.7 Å². The molecule has 6 heteroatoms. The first kappa shape index (κ1) is 30.2. The zero-order valence-electron chi connectivity index (χ0n) is 31.0. The van der Waals surface area contributed by atoms with Crippen LogP contribution in [0, 0.1) is 19.0 Å². The number of rotatable bonds is 5. The van der Waals surface area contributed by atoms with E-state index in [9.17, 15) is 0 Å². The number of aryl methyl sites for hydroxylation is 1. The van der Waals surface area contributed by atoms with Gasteiger partial charge in [-0.3, -0.25) is 4.57 Å². The largest absolute Gasteiger partial charge is 0.498 e. The van der Waals surface area contributed by atoms with Crippen LogP contribution in [0.25, 0.3) is 72.6 Å². The molecule has 0 bridgehead atoms. The molecule has 0 spiro atoms. The van der Waals surface area contributed by atoms with Crippen molar-refractivity contribution in [2.75, 3.05) is 0 Å². The van der Waals surface area contributed by atoms with E-state index in [1.807, 2.05) is 54.7 Å². The fraction of sp³-hybridized carbons (Fsp3) is 0.0889. The molecule has 0 fully saturated rings. The maximum absolute atomic E-state index is 7.23. The number of nitrogens with zero attached hydrogens (tertiary/aromatic N) is 4. The number of para-hydroxylation sites is 1. The molecule has 0 unspecified atom stereocenters. The Balaban J connectivity index is 0.000000223. The standard InChI is InChI=1S/C33H24N3O.C12H10N.Ir/c1-21(2)23-18-19-34-28(20-23)27-15-9-14-25-26-16-17-29-30(32(26)37-31(25)27)35-33(22-10-5-3-6-11-22)36(29)24-12-7-4-8-13-24;1-10-7-8-12(13-9-10)11-5-3-2-4-6-11;/h3-14,16-21H,1-2H3;2-5,7-9H,1H3;/q2*-1;/i;1D3;. The molecule has 251 valence electrons. The van der Waals surface area contributed by atoms with Crippen LogP contribution in [0.3, 0.4) is 0 Å². The average molecular weight is 842 g/mol. The molecule has 0 N–H and O–H groups in total. The first-order valence-corrected chi connectivity index (χ1v) is 16.6. The van der Waals surface area contributed by atoms with Gasteiger partial charge in [0.2, 0.25) is 0 Å². The number of imidazole rings is 1. The van der Waals surface area contributed by atoms with Crippen LogP contribution in [-0.2, 0) is 20.1 Å². The van der Waals surface area contributed by atoms with Crippen molar-refractivity contribution in [2.24, 2.45) is 0 Å². The van der Waals surface area contributed by atoms with Crippen LogP contribution in [0.2, 0.25) is 0 Å². The minimum Gasteiger partial charge on any atom is -0.498 e. The molecule has 0 aliphatic carbocycles. The molecule has 4 heterocycles. The molecule has 0 aliphatic heterocycles. The molecule has 1 radical (unpaired) electrons. The number of benzene rings is 5. The van der Waals surface area contributed by atoms with E-state index in [2.05, 4.69) is 107 Å². The number of pyridine rings is 2. The second kappa shape index (κ2) is 14.7. The Morgan fingerprint density at radius 2 is 1.51 bits per heavy atom. The number of furan rings is 1. The summed E-state index contributed by atoms with van der Waals surface area (Å²) in [5.41, 5.74) is 10.3. The van der Waals surface area contributed by atoms with Gasteiger partial charge in [-0.2, -0.15) is 0 Å². The fourth-order valence-electron chi connectivity index (χ4n) is 6.20. The smallest absolute Gasteiger partial charge is 0.148 e. The van der Waals surface area contributed by atoms with Crippen molar-refractivity contribution >= 4 is 33.0 Å². The van der Waals surface area contributed by atoms with Gasteiger partial charge in [-0.1, -0.05) is 97.1 Å². The molecule has 5 aromatic carbocycles. The zero-order chi connectivity index (χ0) is 36.5. The third-order valence-electron chi connectivity index (χ3n) is 8.73. The second-order valence-corrected chi connectivity index (χ2v) is 12.3. The van der Waals surface area contributed by atoms with Crippen molar-refractivity contribution in [3.63, 3.8) is 0 Å². The molecule has 0 amide bonds. The molecule has 9 rings (SSSR count). The van der Waals surface area contributed by atoms with E-state index in [1.54, 1.807) is 18.2 Å². The SMILES string of the molecule is CC(C)c1ccnc(-c2[c-]ccc3c2oc2c3ccc3c2nc(-c2ccccc2)n3-c2ccccc2)c1.[2H]C([2H])([2H])c1ccc(-c2[c-]cccc2)nc1.[Ir]. The van der Waals surface area contributed by atoms with Crippen LogP contribution in [0.4, 0.5) is 0 Å². The van der Waals surface area contributed by atoms with E-state index >= 15 is 0 Å². The molecular weight excluding hydrogens is 805 g/mol. The minimum atomic E-state index is -2.09. The minimum absolute atomic E-state index is 0. The summed E-state index contributed by atoms with van der Waals surface area (Å²) in [6.45, 7) is 2.29. The average Bonchev–Trinajstić information content (AvgIpc) is 3.78. The van der Waals surface area contributed by atoms with Gasteiger partial charge in [-0.15, -0.1) is 54.1 Å². The van der Waals surface area contributed by atoms with E-state index < -0.39 is 6.85 Å². The molecule has 0 atom stereocenters. The zero-order valence-corrected chi connectivity index (χ0v) is 30.4. The van der Waals surface area contributed by atoms with Crippen molar-refractivity contribution in [3.8, 4) is 39.6 Å². The van der Waals surface area contributed by atoms with Crippen LogP contribution in [0.15, 0.2) is 150 Å². The van der Waals surface area contributed by atoms with Crippen LogP contribution in [0.1, 0.15) is 35.0 Å². The van der Waals surface area contributed by atoms with Crippen molar-refractivity contribution < 1.29 is 28.6 Å². The number of hydrogen-bond donors (Lipinski definition) is 0. The molecule has 0 saturated heterocycles. The van der Waals surface area contributed by atoms with Gasteiger partial charge in [-0.25, -0.2) is 4.98 Å². The molecule has 5 nitrogen and oxygen atoms in total. The van der Waals surface area contributed by atoms with Crippen molar-refractivity contribution in [3.05, 3.63) is 169 Å². The Labute approximate surface area is 315 Å². The summed E-state index contributed by atoms with van der Waals surface area (Å²) in [4.78, 5) is 14.0. The van der Waals surface area contributed by atoms with Crippen LogP contribution in [-0.4, -0.2) is 19.5 Å². The Kier molecular flexibility index (Phi) is 8.67. The third kappa shape index (κ3) is 6.64. The van der Waals surface area contributed by atoms with E-state index in [0.29, 0.717) is 5.92 Å². The Bertz CT molecular complexity index is 2670. The van der Waals surface area contributed by atoms with Gasteiger partial charge in [0.15, 0.2) is 0 Å². The van der Waals surface area contributed by atoms with Gasteiger partial charge >= 0.3 is 0 Å². The predicted octanol–water partition coefficient (Wildman–Crippen LogP) is 11.4. The molecule has 0 aliphatic rings. The normalized spacial score (nSPS) is 12.2. The van der Waals surface area contributed by atoms with Gasteiger partial charge in [0.25, 0.3) is 0 Å². The van der Waals surface area contributed by atoms with Gasteiger partial charge in [-0.05, 0) is 60.1 Å². The Morgan fingerprint density at radius 1 is 0.725 bits per heavy atom. The number of hydrogen-bond acceptors (Lipinski definition) is 4. The van der Waals surface area contributed by atoms with Crippen molar-refractivity contribution in [2.45, 2.75) is 26.6 Å². The molecule has 0 saturated carbocycles. The summed E-state index contributed by atoms with van der Waals surface area (Å²) in [6, 6.07) is 50.3. The third-order valence-corrected chi connectivity index (χ3v) is 8.73. The van der Waals surface area contributed by atoms with Gasteiger partial charge in [0, 0.05) is 53.2 Å². The number of fused-ring (bicyclic) bond motifs is 5. The summed E-state index contributed by atoms with van der Waals surface area (Å²) >= 11 is 0. The van der Waals surface area contributed by atoms with E-state index in [4.69, 9.17) is 13.5 Å². The van der Waals surface area contributed by atoms with Gasteiger partial charge in [0.1, 0.15) is 16.9 Å². The maximum atomic E-state index is 7.23. The molecule has 4 aromatic heterocycles.